The zero-order valence-corrected chi connectivity index (χ0v) is 10.4. The molecule has 2 aromatic rings. The fraction of sp³-hybridized carbons (Fsp3) is 0.143. The van der Waals surface area contributed by atoms with Crippen molar-refractivity contribution in [2.75, 3.05) is 17.3 Å². The van der Waals surface area contributed by atoms with Crippen molar-refractivity contribution in [3.8, 4) is 0 Å². The molecule has 92 valence electrons. The highest BCUT2D eigenvalue weighted by atomic mass is 16.1. The maximum Gasteiger partial charge on any atom is 0.221 e. The molecule has 1 aromatic carbocycles. The summed E-state index contributed by atoms with van der Waals surface area (Å²) in [6.45, 7) is 1.49. The van der Waals surface area contributed by atoms with Gasteiger partial charge in [-0.3, -0.25) is 4.79 Å². The van der Waals surface area contributed by atoms with E-state index in [0.29, 0.717) is 5.69 Å². The fourth-order valence-corrected chi connectivity index (χ4v) is 1.73. The van der Waals surface area contributed by atoms with Crippen LogP contribution in [0.1, 0.15) is 6.92 Å². The van der Waals surface area contributed by atoms with Crippen LogP contribution >= 0.6 is 0 Å². The van der Waals surface area contributed by atoms with E-state index in [-0.39, 0.29) is 5.91 Å². The third-order valence-electron chi connectivity index (χ3n) is 2.56. The summed E-state index contributed by atoms with van der Waals surface area (Å²) in [6.07, 6.45) is 1.71. The molecule has 0 bridgehead atoms. The van der Waals surface area contributed by atoms with Gasteiger partial charge in [-0.1, -0.05) is 18.2 Å². The summed E-state index contributed by atoms with van der Waals surface area (Å²) in [5, 5.41) is 2.78. The standard InChI is InChI=1S/C14H15N3O/c1-11(18)16-13-9-6-10-15-14(13)17(2)12-7-4-3-5-8-12/h3-10H,1-2H3,(H,16,18). The van der Waals surface area contributed by atoms with Crippen LogP contribution < -0.4 is 10.2 Å². The van der Waals surface area contributed by atoms with E-state index in [0.717, 1.165) is 11.5 Å². The highest BCUT2D eigenvalue weighted by molar-refractivity contribution is 5.92. The number of nitrogens with one attached hydrogen (secondary N) is 1. The highest BCUT2D eigenvalue weighted by Gasteiger charge is 2.10. The molecule has 1 heterocycles. The lowest BCUT2D eigenvalue weighted by molar-refractivity contribution is -0.114. The molecule has 1 amide bonds. The summed E-state index contributed by atoms with van der Waals surface area (Å²) in [4.78, 5) is 17.4. The summed E-state index contributed by atoms with van der Waals surface area (Å²) < 4.78 is 0. The van der Waals surface area contributed by atoms with Gasteiger partial charge in [-0.05, 0) is 24.3 Å². The quantitative estimate of drug-likeness (QED) is 0.898. The van der Waals surface area contributed by atoms with Crippen LogP contribution in [0, 0.1) is 0 Å². The van der Waals surface area contributed by atoms with Gasteiger partial charge in [0.05, 0.1) is 5.69 Å². The minimum atomic E-state index is -0.106. The van der Waals surface area contributed by atoms with Gasteiger partial charge in [0, 0.05) is 25.9 Å². The molecule has 18 heavy (non-hydrogen) atoms. The third-order valence-corrected chi connectivity index (χ3v) is 2.56. The van der Waals surface area contributed by atoms with E-state index in [4.69, 9.17) is 0 Å². The summed E-state index contributed by atoms with van der Waals surface area (Å²) in [6, 6.07) is 13.5. The van der Waals surface area contributed by atoms with Gasteiger partial charge in [-0.15, -0.1) is 0 Å². The van der Waals surface area contributed by atoms with Crippen molar-refractivity contribution in [1.82, 2.24) is 4.98 Å². The monoisotopic (exact) mass is 241 g/mol. The molecule has 0 spiro atoms. The number of hydrogen-bond acceptors (Lipinski definition) is 3. The molecule has 0 saturated carbocycles. The second-order valence-electron chi connectivity index (χ2n) is 3.95. The number of hydrogen-bond donors (Lipinski definition) is 1. The van der Waals surface area contributed by atoms with Crippen LogP contribution in [0.3, 0.4) is 0 Å². The van der Waals surface area contributed by atoms with Crippen LogP contribution in [0.25, 0.3) is 0 Å². The van der Waals surface area contributed by atoms with Crippen molar-refractivity contribution in [1.29, 1.82) is 0 Å². The number of carbonyl (C=O) groups is 1. The number of aromatic nitrogens is 1. The number of carbonyl (C=O) groups excluding carboxylic acids is 1. The van der Waals surface area contributed by atoms with E-state index in [1.807, 2.05) is 48.3 Å². The normalized spacial score (nSPS) is 9.89. The molecule has 0 saturated heterocycles. The van der Waals surface area contributed by atoms with Gasteiger partial charge in [0.25, 0.3) is 0 Å². The summed E-state index contributed by atoms with van der Waals surface area (Å²) in [5.41, 5.74) is 1.72. The van der Waals surface area contributed by atoms with Crippen LogP contribution in [0.2, 0.25) is 0 Å². The minimum absolute atomic E-state index is 0.106. The number of benzene rings is 1. The van der Waals surface area contributed by atoms with Gasteiger partial charge in [0.15, 0.2) is 5.82 Å². The molecule has 4 nitrogen and oxygen atoms in total. The van der Waals surface area contributed by atoms with Gasteiger partial charge < -0.3 is 10.2 Å². The van der Waals surface area contributed by atoms with Crippen molar-refractivity contribution < 1.29 is 4.79 Å². The molecule has 0 aliphatic carbocycles. The Kier molecular flexibility index (Phi) is 3.57. The molecule has 2 rings (SSSR count). The van der Waals surface area contributed by atoms with E-state index >= 15 is 0 Å². The van der Waals surface area contributed by atoms with Gasteiger partial charge in [0.1, 0.15) is 0 Å². The third kappa shape index (κ3) is 2.66. The van der Waals surface area contributed by atoms with Crippen molar-refractivity contribution in [3.05, 3.63) is 48.7 Å². The van der Waals surface area contributed by atoms with Crippen LogP contribution in [0.5, 0.6) is 0 Å². The lowest BCUT2D eigenvalue weighted by Crippen LogP contribution is -2.15. The van der Waals surface area contributed by atoms with E-state index in [1.54, 1.807) is 12.3 Å². The first-order valence-corrected chi connectivity index (χ1v) is 5.70. The Labute approximate surface area is 106 Å². The fourth-order valence-electron chi connectivity index (χ4n) is 1.73. The predicted molar refractivity (Wildman–Crippen MR) is 73.0 cm³/mol. The van der Waals surface area contributed by atoms with Crippen molar-refractivity contribution in [3.63, 3.8) is 0 Å². The second kappa shape index (κ2) is 5.31. The van der Waals surface area contributed by atoms with Crippen molar-refractivity contribution >= 4 is 23.1 Å². The number of pyridine rings is 1. The van der Waals surface area contributed by atoms with Crippen molar-refractivity contribution in [2.45, 2.75) is 6.92 Å². The molecule has 0 aliphatic rings. The Balaban J connectivity index is 2.36. The van der Waals surface area contributed by atoms with Crippen LogP contribution in [0.4, 0.5) is 17.2 Å². The zero-order valence-electron chi connectivity index (χ0n) is 10.4. The topological polar surface area (TPSA) is 45.2 Å². The lowest BCUT2D eigenvalue weighted by atomic mass is 10.3. The number of nitrogens with zero attached hydrogens (tertiary/aromatic N) is 2. The first kappa shape index (κ1) is 12.1. The smallest absolute Gasteiger partial charge is 0.221 e. The average Bonchev–Trinajstić information content (AvgIpc) is 2.39. The predicted octanol–water partition coefficient (Wildman–Crippen LogP) is 2.81. The Morgan fingerprint density at radius 1 is 1.17 bits per heavy atom. The Hall–Kier alpha value is -2.36. The van der Waals surface area contributed by atoms with Crippen LogP contribution in [-0.2, 0) is 4.79 Å². The van der Waals surface area contributed by atoms with E-state index in [9.17, 15) is 4.79 Å². The first-order valence-electron chi connectivity index (χ1n) is 5.70. The Bertz CT molecular complexity index is 540. The summed E-state index contributed by atoms with van der Waals surface area (Å²) in [7, 11) is 1.92. The Morgan fingerprint density at radius 2 is 1.89 bits per heavy atom. The second-order valence-corrected chi connectivity index (χ2v) is 3.95. The van der Waals surface area contributed by atoms with Gasteiger partial charge in [-0.2, -0.15) is 0 Å². The molecule has 0 aliphatic heterocycles. The molecule has 0 atom stereocenters. The molecule has 1 aromatic heterocycles. The lowest BCUT2D eigenvalue weighted by Gasteiger charge is -2.21. The number of amides is 1. The molecule has 4 heteroatoms. The number of para-hydroxylation sites is 1. The zero-order chi connectivity index (χ0) is 13.0. The highest BCUT2D eigenvalue weighted by Crippen LogP contribution is 2.27. The van der Waals surface area contributed by atoms with E-state index in [2.05, 4.69) is 10.3 Å². The summed E-state index contributed by atoms with van der Waals surface area (Å²) in [5.74, 6) is 0.615. The SMILES string of the molecule is CC(=O)Nc1cccnc1N(C)c1ccccc1. The maximum atomic E-state index is 11.2. The van der Waals surface area contributed by atoms with Crippen LogP contribution in [0.15, 0.2) is 48.7 Å². The van der Waals surface area contributed by atoms with Gasteiger partial charge in [-0.25, -0.2) is 4.98 Å². The summed E-state index contributed by atoms with van der Waals surface area (Å²) >= 11 is 0. The molecular formula is C14H15N3O. The number of anilines is 3. The first-order chi connectivity index (χ1) is 8.68. The molecule has 0 unspecified atom stereocenters. The van der Waals surface area contributed by atoms with Gasteiger partial charge in [0.2, 0.25) is 5.91 Å². The molecular weight excluding hydrogens is 226 g/mol. The molecule has 1 N–H and O–H groups in total. The van der Waals surface area contributed by atoms with Crippen LogP contribution in [-0.4, -0.2) is 17.9 Å². The molecule has 0 radical (unpaired) electrons. The largest absolute Gasteiger partial charge is 0.328 e. The minimum Gasteiger partial charge on any atom is -0.328 e. The Morgan fingerprint density at radius 3 is 2.56 bits per heavy atom. The van der Waals surface area contributed by atoms with Crippen molar-refractivity contribution in [2.24, 2.45) is 0 Å². The van der Waals surface area contributed by atoms with E-state index < -0.39 is 0 Å². The van der Waals surface area contributed by atoms with Gasteiger partial charge >= 0.3 is 0 Å². The number of rotatable bonds is 3. The average molecular weight is 241 g/mol. The van der Waals surface area contributed by atoms with E-state index in [1.165, 1.54) is 6.92 Å². The maximum absolute atomic E-state index is 11.2. The molecule has 0 fully saturated rings.